The van der Waals surface area contributed by atoms with Crippen molar-refractivity contribution in [2.75, 3.05) is 6.61 Å². The van der Waals surface area contributed by atoms with E-state index < -0.39 is 36.1 Å². The minimum atomic E-state index is -5.38. The lowest BCUT2D eigenvalue weighted by Gasteiger charge is -2.46. The summed E-state index contributed by atoms with van der Waals surface area (Å²) in [4.78, 5) is 11.3. The molecule has 19 heavy (non-hydrogen) atoms. The molecule has 0 bridgehead atoms. The van der Waals surface area contributed by atoms with Crippen LogP contribution in [0, 0.1) is 0 Å². The molecular weight excluding hydrogens is 291 g/mol. The van der Waals surface area contributed by atoms with E-state index in [-0.39, 0.29) is 12.0 Å². The smallest absolute Gasteiger partial charge is 0.447 e. The lowest BCUT2D eigenvalue weighted by atomic mass is 9.98. The van der Waals surface area contributed by atoms with Crippen LogP contribution in [0.2, 0.25) is 0 Å². The number of carbonyl (C=O) groups excluding carboxylic acids is 1. The van der Waals surface area contributed by atoms with E-state index in [4.69, 9.17) is 0 Å². The molecule has 1 aliphatic rings. The van der Waals surface area contributed by atoms with Crippen molar-refractivity contribution in [2.24, 2.45) is 0 Å². The van der Waals surface area contributed by atoms with E-state index in [9.17, 15) is 27.5 Å². The van der Waals surface area contributed by atoms with E-state index in [1.165, 1.54) is 16.2 Å². The molecule has 1 saturated heterocycles. The zero-order chi connectivity index (χ0) is 15.1. The Morgan fingerprint density at radius 2 is 2.11 bits per heavy atom. The first-order valence-corrected chi connectivity index (χ1v) is 5.78. The van der Waals surface area contributed by atoms with Crippen LogP contribution >= 0.6 is 9.24 Å². The van der Waals surface area contributed by atoms with Crippen LogP contribution in [-0.4, -0.2) is 41.2 Å². The van der Waals surface area contributed by atoms with Gasteiger partial charge in [0.1, 0.15) is 6.10 Å². The van der Waals surface area contributed by atoms with Crippen LogP contribution in [0.4, 0.5) is 17.6 Å². The predicted molar refractivity (Wildman–Crippen MR) is 59.8 cm³/mol. The summed E-state index contributed by atoms with van der Waals surface area (Å²) >= 11 is 0. The third kappa shape index (κ3) is 2.75. The van der Waals surface area contributed by atoms with Crippen LogP contribution in [-0.2, 0) is 14.3 Å². The molecule has 0 saturated carbocycles. The van der Waals surface area contributed by atoms with Crippen molar-refractivity contribution >= 4 is 15.2 Å². The van der Waals surface area contributed by atoms with Crippen LogP contribution in [0.3, 0.4) is 0 Å². The maximum Gasteiger partial charge on any atom is 0.447 e. The van der Waals surface area contributed by atoms with Crippen molar-refractivity contribution < 1.29 is 36.9 Å². The maximum absolute atomic E-state index is 14.3. The summed E-state index contributed by atoms with van der Waals surface area (Å²) in [5.74, 6) is -5.09. The van der Waals surface area contributed by atoms with Gasteiger partial charge in [0.15, 0.2) is 0 Å². The molecule has 0 aliphatic carbocycles. The van der Waals surface area contributed by atoms with Crippen LogP contribution < -0.4 is 0 Å². The fraction of sp³-hybridized carbons (Fsp3) is 0.700. The van der Waals surface area contributed by atoms with E-state index in [0.717, 1.165) is 0 Å². The Morgan fingerprint density at radius 1 is 1.58 bits per heavy atom. The van der Waals surface area contributed by atoms with Gasteiger partial charge in [-0.15, -0.1) is 0 Å². The molecule has 1 heterocycles. The van der Waals surface area contributed by atoms with Crippen molar-refractivity contribution in [1.29, 1.82) is 0 Å². The number of esters is 1. The first kappa shape index (κ1) is 16.3. The first-order valence-electron chi connectivity index (χ1n) is 5.21. The van der Waals surface area contributed by atoms with Crippen LogP contribution in [0.5, 0.6) is 0 Å². The number of ether oxygens (including phenoxy) is 2. The van der Waals surface area contributed by atoms with Gasteiger partial charge in [-0.3, -0.25) is 0 Å². The molecule has 4 nitrogen and oxygen atoms in total. The second-order valence-corrected chi connectivity index (χ2v) is 5.06. The standard InChI is InChI=1S/C10H13F4O4P/c1-5(2)7(15)18-6-3-4-17-9(16,8(6,11)19)10(12,13)14/h6,16H,1,3-4,19H2,2H3. The van der Waals surface area contributed by atoms with Gasteiger partial charge in [-0.2, -0.15) is 13.2 Å². The van der Waals surface area contributed by atoms with Gasteiger partial charge in [0.05, 0.1) is 6.61 Å². The van der Waals surface area contributed by atoms with Gasteiger partial charge in [0.2, 0.25) is 5.41 Å². The summed E-state index contributed by atoms with van der Waals surface area (Å²) < 4.78 is 61.1. The Labute approximate surface area is 109 Å². The van der Waals surface area contributed by atoms with Crippen molar-refractivity contribution in [3.8, 4) is 0 Å². The Bertz CT molecular complexity index is 395. The van der Waals surface area contributed by atoms with Gasteiger partial charge < -0.3 is 14.6 Å². The van der Waals surface area contributed by atoms with E-state index in [1.54, 1.807) is 0 Å². The Morgan fingerprint density at radius 3 is 2.53 bits per heavy atom. The lowest BCUT2D eigenvalue weighted by Crippen LogP contribution is -2.67. The molecule has 1 rings (SSSR count). The largest absolute Gasteiger partial charge is 0.455 e. The predicted octanol–water partition coefficient (Wildman–Crippen LogP) is 1.69. The molecule has 4 atom stereocenters. The Hall–Kier alpha value is -0.720. The van der Waals surface area contributed by atoms with Crippen LogP contribution in [0.25, 0.3) is 0 Å². The van der Waals surface area contributed by atoms with Crippen molar-refractivity contribution in [2.45, 2.75) is 36.8 Å². The highest BCUT2D eigenvalue weighted by molar-refractivity contribution is 7.18. The molecule has 1 fully saturated rings. The van der Waals surface area contributed by atoms with Crippen molar-refractivity contribution in [3.05, 3.63) is 12.2 Å². The van der Waals surface area contributed by atoms with E-state index in [2.05, 4.69) is 16.1 Å². The monoisotopic (exact) mass is 304 g/mol. The van der Waals surface area contributed by atoms with E-state index in [1.807, 2.05) is 0 Å². The summed E-state index contributed by atoms with van der Waals surface area (Å²) in [6.07, 6.45) is -7.52. The summed E-state index contributed by atoms with van der Waals surface area (Å²) in [7, 11) is 1.21. The van der Waals surface area contributed by atoms with Gasteiger partial charge in [-0.05, 0) is 6.92 Å². The van der Waals surface area contributed by atoms with Crippen LogP contribution in [0.1, 0.15) is 13.3 Å². The molecule has 110 valence electrons. The molecular formula is C10H13F4O4P. The lowest BCUT2D eigenvalue weighted by molar-refractivity contribution is -0.413. The van der Waals surface area contributed by atoms with Crippen molar-refractivity contribution in [1.82, 2.24) is 0 Å². The van der Waals surface area contributed by atoms with Gasteiger partial charge in [0, 0.05) is 12.0 Å². The molecule has 0 amide bonds. The Balaban J connectivity index is 3.04. The average Bonchev–Trinajstić information content (AvgIpc) is 2.23. The van der Waals surface area contributed by atoms with Crippen LogP contribution in [0.15, 0.2) is 12.2 Å². The number of alkyl halides is 4. The second kappa shape index (κ2) is 5.00. The van der Waals surface area contributed by atoms with Crippen molar-refractivity contribution in [3.63, 3.8) is 0 Å². The highest BCUT2D eigenvalue weighted by atomic mass is 31.0. The van der Waals surface area contributed by atoms with Gasteiger partial charge in [-0.25, -0.2) is 9.18 Å². The third-order valence-electron chi connectivity index (χ3n) is 2.66. The molecule has 1 aliphatic heterocycles. The molecule has 0 aromatic heterocycles. The first-order chi connectivity index (χ1) is 8.43. The van der Waals surface area contributed by atoms with Gasteiger partial charge in [0.25, 0.3) is 0 Å². The molecule has 9 heteroatoms. The zero-order valence-corrected chi connectivity index (χ0v) is 11.1. The SMILES string of the molecule is C=C(C)C(=O)OC1CCOC(O)(C(F)(F)F)C1(F)P. The average molecular weight is 304 g/mol. The third-order valence-corrected chi connectivity index (χ3v) is 3.42. The quantitative estimate of drug-likeness (QED) is 0.365. The normalized spacial score (nSPS) is 35.8. The molecule has 0 radical (unpaired) electrons. The summed E-state index contributed by atoms with van der Waals surface area (Å²) in [6.45, 7) is 3.89. The molecule has 0 spiro atoms. The molecule has 4 unspecified atom stereocenters. The van der Waals surface area contributed by atoms with Gasteiger partial charge in [-0.1, -0.05) is 15.8 Å². The highest BCUT2D eigenvalue weighted by Gasteiger charge is 2.72. The summed E-state index contributed by atoms with van der Waals surface area (Å²) in [5.41, 5.74) is -0.0946. The topological polar surface area (TPSA) is 55.8 Å². The highest BCUT2D eigenvalue weighted by Crippen LogP contribution is 2.51. The maximum atomic E-state index is 14.3. The van der Waals surface area contributed by atoms with E-state index >= 15 is 0 Å². The molecule has 0 aromatic rings. The summed E-state index contributed by atoms with van der Waals surface area (Å²) in [5, 5.41) is 5.99. The number of hydrogen-bond donors (Lipinski definition) is 1. The zero-order valence-electron chi connectivity index (χ0n) is 9.96. The second-order valence-electron chi connectivity index (χ2n) is 4.22. The number of hydrogen-bond acceptors (Lipinski definition) is 4. The number of rotatable bonds is 2. The molecule has 0 aromatic carbocycles. The minimum absolute atomic E-state index is 0.0946. The summed E-state index contributed by atoms with van der Waals surface area (Å²) in [6, 6.07) is 0. The number of aliphatic hydroxyl groups is 1. The minimum Gasteiger partial charge on any atom is -0.455 e. The Kier molecular flexibility index (Phi) is 4.29. The van der Waals surface area contributed by atoms with Gasteiger partial charge >= 0.3 is 17.9 Å². The number of carbonyl (C=O) groups is 1. The number of halogens is 4. The molecule has 1 N–H and O–H groups in total. The van der Waals surface area contributed by atoms with E-state index in [0.29, 0.717) is 0 Å². The fourth-order valence-electron chi connectivity index (χ4n) is 1.53. The fourth-order valence-corrected chi connectivity index (χ4v) is 2.01.